The Balaban J connectivity index is -0.0000000200. The van der Waals surface area contributed by atoms with Gasteiger partial charge in [0.25, 0.3) is 0 Å². The standard InChI is InChI=1S/Ni.O2Si.Pd/c;1-3-2;. The van der Waals surface area contributed by atoms with Crippen molar-refractivity contribution in [2.75, 3.05) is 0 Å². The van der Waals surface area contributed by atoms with Crippen LogP contribution >= 0.6 is 0 Å². The van der Waals surface area contributed by atoms with Crippen LogP contribution in [0.3, 0.4) is 0 Å². The van der Waals surface area contributed by atoms with Gasteiger partial charge in [0.1, 0.15) is 0 Å². The molecule has 0 saturated heterocycles. The minimum atomic E-state index is -1.42. The molecule has 5 heteroatoms. The minimum absolute atomic E-state index is 0. The Morgan fingerprint density at radius 3 is 1.20 bits per heavy atom. The van der Waals surface area contributed by atoms with Crippen LogP contribution in [-0.2, 0) is 45.8 Å². The zero-order valence-corrected chi connectivity index (χ0v) is 5.49. The van der Waals surface area contributed by atoms with Crippen molar-refractivity contribution < 1.29 is 45.8 Å². The smallest absolute Gasteiger partial charge is 0.274 e. The molecule has 0 heterocycles. The molecule has 5 heavy (non-hydrogen) atoms. The third-order valence-electron chi connectivity index (χ3n) is 0. The van der Waals surface area contributed by atoms with Gasteiger partial charge in [0.05, 0.1) is 0 Å². The number of hydrogen-bond donors (Lipinski definition) is 0. The summed E-state index contributed by atoms with van der Waals surface area (Å²) in [6.45, 7) is 0. The van der Waals surface area contributed by atoms with E-state index in [1.165, 1.54) is 0 Å². The number of hydrogen-bond acceptors (Lipinski definition) is 2. The SMILES string of the molecule is O=[Si]=O.[Ni].[Pd]. The zero-order valence-electron chi connectivity index (χ0n) is 1.95. The van der Waals surface area contributed by atoms with E-state index in [2.05, 4.69) is 0 Å². The molecule has 0 saturated carbocycles. The predicted molar refractivity (Wildman–Crippen MR) is 7.13 cm³/mol. The van der Waals surface area contributed by atoms with Gasteiger partial charge < -0.3 is 0 Å². The average Bonchev–Trinajstić information content (AvgIpc) is 0.918. The fraction of sp³-hybridized carbons (Fsp3) is 0. The quantitative estimate of drug-likeness (QED) is 0.515. The van der Waals surface area contributed by atoms with Crippen LogP contribution in [0.2, 0.25) is 0 Å². The molecule has 0 aliphatic rings. The topological polar surface area (TPSA) is 34.1 Å². The molecule has 0 bridgehead atoms. The normalized spacial score (nSPS) is 1.60. The molecule has 0 aromatic rings. The van der Waals surface area contributed by atoms with E-state index in [0.29, 0.717) is 0 Å². The molecule has 0 atom stereocenters. The Labute approximate surface area is 55.2 Å². The van der Waals surface area contributed by atoms with Gasteiger partial charge in [0.15, 0.2) is 0 Å². The van der Waals surface area contributed by atoms with E-state index in [9.17, 15) is 0 Å². The van der Waals surface area contributed by atoms with Crippen LogP contribution in [0.15, 0.2) is 0 Å². The fourth-order valence-corrected chi connectivity index (χ4v) is 0. The molecule has 0 unspecified atom stereocenters. The summed E-state index contributed by atoms with van der Waals surface area (Å²) >= 11 is 0. The maximum absolute atomic E-state index is 8.40. The second-order valence-electron chi connectivity index (χ2n) is 0.0833. The summed E-state index contributed by atoms with van der Waals surface area (Å²) in [5.74, 6) is 0. The van der Waals surface area contributed by atoms with Crippen LogP contribution in [-0.4, -0.2) is 9.29 Å². The minimum Gasteiger partial charge on any atom is -0.274 e. The first-order chi connectivity index (χ1) is 1.41. The summed E-state index contributed by atoms with van der Waals surface area (Å²) < 4.78 is 16.8. The predicted octanol–water partition coefficient (Wildman–Crippen LogP) is -0.623. The van der Waals surface area contributed by atoms with Crippen molar-refractivity contribution >= 4 is 9.29 Å². The molecule has 0 fully saturated rings. The van der Waals surface area contributed by atoms with Gasteiger partial charge in [-0.25, -0.2) is 0 Å². The summed E-state index contributed by atoms with van der Waals surface area (Å²) in [5.41, 5.74) is 0. The molecule has 0 N–H and O–H groups in total. The van der Waals surface area contributed by atoms with Gasteiger partial charge >= 0.3 is 9.29 Å². The summed E-state index contributed by atoms with van der Waals surface area (Å²) in [7, 11) is -1.42. The first kappa shape index (κ1) is 16.7. The van der Waals surface area contributed by atoms with Crippen LogP contribution in [0.4, 0.5) is 0 Å². The van der Waals surface area contributed by atoms with Crippen molar-refractivity contribution in [1.29, 1.82) is 0 Å². The molecule has 0 aromatic carbocycles. The Kier molecular flexibility index (Phi) is 67.4. The molecule has 0 amide bonds. The first-order valence-corrected chi connectivity index (χ1v) is 1.22. The monoisotopic (exact) mass is 224 g/mol. The van der Waals surface area contributed by atoms with E-state index < -0.39 is 9.29 Å². The maximum atomic E-state index is 8.40. The molecular weight excluding hydrogens is 225 g/mol. The fourth-order valence-electron chi connectivity index (χ4n) is 0. The van der Waals surface area contributed by atoms with Crippen molar-refractivity contribution in [1.82, 2.24) is 0 Å². The summed E-state index contributed by atoms with van der Waals surface area (Å²) in [4.78, 5) is 0. The largest absolute Gasteiger partial charge is 0.549 e. The van der Waals surface area contributed by atoms with E-state index in [0.717, 1.165) is 0 Å². The summed E-state index contributed by atoms with van der Waals surface area (Å²) in [6.07, 6.45) is 0. The van der Waals surface area contributed by atoms with Crippen molar-refractivity contribution in [2.24, 2.45) is 0 Å². The van der Waals surface area contributed by atoms with Crippen molar-refractivity contribution in [3.05, 3.63) is 0 Å². The molecule has 0 radical (unpaired) electrons. The maximum Gasteiger partial charge on any atom is 0.549 e. The van der Waals surface area contributed by atoms with Crippen molar-refractivity contribution in [3.63, 3.8) is 0 Å². The van der Waals surface area contributed by atoms with Crippen LogP contribution in [0.25, 0.3) is 0 Å². The summed E-state index contributed by atoms with van der Waals surface area (Å²) in [6, 6.07) is 0. The Morgan fingerprint density at radius 2 is 1.20 bits per heavy atom. The number of rotatable bonds is 0. The van der Waals surface area contributed by atoms with E-state index in [1.54, 1.807) is 0 Å². The Bertz CT molecular complexity index is 30.6. The zero-order chi connectivity index (χ0) is 2.71. The Hall–Kier alpha value is 0.973. The third-order valence-corrected chi connectivity index (χ3v) is 0. The van der Waals surface area contributed by atoms with Crippen molar-refractivity contribution in [2.45, 2.75) is 0 Å². The molecule has 0 aliphatic carbocycles. The first-order valence-electron chi connectivity index (χ1n) is 0.408. The van der Waals surface area contributed by atoms with Crippen LogP contribution in [0.1, 0.15) is 0 Å². The van der Waals surface area contributed by atoms with Crippen LogP contribution in [0.5, 0.6) is 0 Å². The van der Waals surface area contributed by atoms with Gasteiger partial charge in [0.2, 0.25) is 0 Å². The second-order valence-corrected chi connectivity index (χ2v) is 0.250. The van der Waals surface area contributed by atoms with Gasteiger partial charge in [-0.05, 0) is 0 Å². The van der Waals surface area contributed by atoms with E-state index in [1.807, 2.05) is 0 Å². The molecule has 0 spiro atoms. The third kappa shape index (κ3) is 46.4. The van der Waals surface area contributed by atoms with Gasteiger partial charge in [0, 0.05) is 36.9 Å². The molecular formula is NiO2PdSi. The van der Waals surface area contributed by atoms with Crippen LogP contribution in [0, 0.1) is 0 Å². The molecule has 0 aliphatic heterocycles. The summed E-state index contributed by atoms with van der Waals surface area (Å²) in [5, 5.41) is 0. The van der Waals surface area contributed by atoms with E-state index in [4.69, 9.17) is 8.92 Å². The average molecular weight is 225 g/mol. The molecule has 0 aromatic heterocycles. The van der Waals surface area contributed by atoms with E-state index in [-0.39, 0.29) is 36.9 Å². The second kappa shape index (κ2) is 20.2. The molecule has 0 rings (SSSR count). The van der Waals surface area contributed by atoms with Gasteiger partial charge in [-0.15, -0.1) is 0 Å². The Morgan fingerprint density at radius 1 is 1.20 bits per heavy atom. The van der Waals surface area contributed by atoms with E-state index >= 15 is 0 Å². The molecule has 36 valence electrons. The van der Waals surface area contributed by atoms with Crippen molar-refractivity contribution in [3.8, 4) is 0 Å². The van der Waals surface area contributed by atoms with Gasteiger partial charge in [-0.2, -0.15) is 0 Å². The van der Waals surface area contributed by atoms with Gasteiger partial charge in [-0.1, -0.05) is 0 Å². The van der Waals surface area contributed by atoms with Gasteiger partial charge in [-0.3, -0.25) is 8.92 Å². The molecule has 2 nitrogen and oxygen atoms in total. The van der Waals surface area contributed by atoms with Crippen LogP contribution < -0.4 is 0 Å².